The van der Waals surface area contributed by atoms with E-state index in [9.17, 15) is 18.7 Å². The quantitative estimate of drug-likeness (QED) is 0.737. The van der Waals surface area contributed by atoms with Crippen LogP contribution in [0.25, 0.3) is 6.08 Å². The summed E-state index contributed by atoms with van der Waals surface area (Å²) >= 11 is 0. The number of aliphatic hydroxyl groups is 1. The van der Waals surface area contributed by atoms with Crippen LogP contribution in [0, 0.1) is 11.6 Å². The highest BCUT2D eigenvalue weighted by Crippen LogP contribution is 2.42. The summed E-state index contributed by atoms with van der Waals surface area (Å²) in [7, 11) is 0. The molecule has 0 aliphatic carbocycles. The van der Waals surface area contributed by atoms with Crippen LogP contribution in [-0.2, 0) is 0 Å². The molecule has 170 valence electrons. The number of hydrogen-bond donors (Lipinski definition) is 2. The van der Waals surface area contributed by atoms with Crippen molar-refractivity contribution in [1.29, 1.82) is 0 Å². The first-order valence-electron chi connectivity index (χ1n) is 11.1. The molecule has 0 aromatic heterocycles. The third kappa shape index (κ3) is 4.54. The van der Waals surface area contributed by atoms with Crippen LogP contribution in [-0.4, -0.2) is 59.3 Å². The Morgan fingerprint density at radius 2 is 1.91 bits per heavy atom. The lowest BCUT2D eigenvalue weighted by atomic mass is 9.74. The van der Waals surface area contributed by atoms with Gasteiger partial charge >= 0.3 is 6.03 Å². The van der Waals surface area contributed by atoms with E-state index in [0.717, 1.165) is 48.7 Å². The third-order valence-corrected chi connectivity index (χ3v) is 6.51. The number of allylic oxidation sites excluding steroid dienone is 1. The Morgan fingerprint density at radius 3 is 2.62 bits per heavy atom. The molecule has 0 unspecified atom stereocenters. The second kappa shape index (κ2) is 9.79. The molecule has 0 bridgehead atoms. The topological polar surface area (TPSA) is 55.8 Å². The highest BCUT2D eigenvalue weighted by Gasteiger charge is 2.49. The first-order chi connectivity index (χ1) is 15.5. The summed E-state index contributed by atoms with van der Waals surface area (Å²) in [5, 5.41) is 12.6. The van der Waals surface area contributed by atoms with Crippen LogP contribution in [0.1, 0.15) is 36.8 Å². The number of carbonyl (C=O) groups is 1. The van der Waals surface area contributed by atoms with Gasteiger partial charge in [-0.25, -0.2) is 13.6 Å². The number of rotatable bonds is 4. The molecule has 2 saturated heterocycles. The molecule has 7 heteroatoms. The van der Waals surface area contributed by atoms with Crippen LogP contribution in [0.3, 0.4) is 0 Å². The number of carbonyl (C=O) groups excluding carboxylic acids is 1. The van der Waals surface area contributed by atoms with Crippen LogP contribution < -0.4 is 5.32 Å². The zero-order chi connectivity index (χ0) is 22.7. The van der Waals surface area contributed by atoms with E-state index in [-0.39, 0.29) is 30.3 Å². The van der Waals surface area contributed by atoms with E-state index in [1.807, 2.05) is 19.1 Å². The van der Waals surface area contributed by atoms with Crippen LogP contribution in [0.5, 0.6) is 0 Å². The van der Waals surface area contributed by atoms with E-state index in [1.165, 1.54) is 0 Å². The lowest BCUT2D eigenvalue weighted by molar-refractivity contribution is -0.0585. The molecule has 0 spiro atoms. The van der Waals surface area contributed by atoms with Gasteiger partial charge in [0.15, 0.2) is 0 Å². The van der Waals surface area contributed by atoms with Gasteiger partial charge in [0.25, 0.3) is 0 Å². The van der Waals surface area contributed by atoms with Crippen LogP contribution in [0.4, 0.5) is 19.3 Å². The van der Waals surface area contributed by atoms with Crippen molar-refractivity contribution in [3.8, 4) is 0 Å². The number of benzene rings is 2. The standard InChI is InChI=1S/C25H29F2N3O2/c1-2-5-17-6-8-18(9-7-17)24-22-15-29(12-3-4-13-30(22)23(24)16-31)25(32)28-21-14-19(26)10-11-20(21)27/h2,5-11,14,22-24,31H,3-4,12-13,15-16H2,1H3,(H,28,32)/b5-2+/t22-,23+,24-/m1/s1. The van der Waals surface area contributed by atoms with Crippen LogP contribution in [0.15, 0.2) is 48.5 Å². The summed E-state index contributed by atoms with van der Waals surface area (Å²) in [6.07, 6.45) is 5.73. The largest absolute Gasteiger partial charge is 0.395 e. The van der Waals surface area contributed by atoms with Gasteiger partial charge in [0.1, 0.15) is 11.6 Å². The monoisotopic (exact) mass is 441 g/mol. The van der Waals surface area contributed by atoms with E-state index < -0.39 is 17.7 Å². The SMILES string of the molecule is C/C=C/c1ccc([C@@H]2[C@H]3CN(C(=O)Nc4cc(F)ccc4F)CCCCN3[C@H]2CO)cc1. The molecular formula is C25H29F2N3O2. The predicted octanol–water partition coefficient (Wildman–Crippen LogP) is 4.45. The first kappa shape index (κ1) is 22.4. The van der Waals surface area contributed by atoms with Gasteiger partial charge in [0.05, 0.1) is 12.3 Å². The number of amides is 2. The minimum atomic E-state index is -0.670. The Kier molecular flexibility index (Phi) is 6.86. The van der Waals surface area contributed by atoms with Gasteiger partial charge in [-0.05, 0) is 49.6 Å². The Balaban J connectivity index is 1.53. The van der Waals surface area contributed by atoms with Crippen molar-refractivity contribution in [3.63, 3.8) is 0 Å². The number of urea groups is 1. The number of aliphatic hydroxyl groups excluding tert-OH is 1. The Bertz CT molecular complexity index is 980. The number of nitrogens with zero attached hydrogens (tertiary/aromatic N) is 2. The maximum atomic E-state index is 14.0. The molecule has 4 rings (SSSR count). The van der Waals surface area contributed by atoms with Crippen molar-refractivity contribution in [3.05, 3.63) is 71.3 Å². The van der Waals surface area contributed by atoms with Crippen molar-refractivity contribution in [2.24, 2.45) is 0 Å². The third-order valence-electron chi connectivity index (χ3n) is 6.51. The minimum absolute atomic E-state index is 0.0104. The fourth-order valence-corrected chi connectivity index (χ4v) is 4.93. The highest BCUT2D eigenvalue weighted by molar-refractivity contribution is 5.89. The van der Waals surface area contributed by atoms with Gasteiger partial charge in [0, 0.05) is 37.2 Å². The molecule has 2 amide bonds. The molecule has 0 radical (unpaired) electrons. The summed E-state index contributed by atoms with van der Waals surface area (Å²) in [4.78, 5) is 16.9. The molecule has 2 heterocycles. The molecule has 2 aliphatic heterocycles. The fourth-order valence-electron chi connectivity index (χ4n) is 4.93. The summed E-state index contributed by atoms with van der Waals surface area (Å²) in [6.45, 7) is 3.91. The molecular weight excluding hydrogens is 412 g/mol. The van der Waals surface area contributed by atoms with Crippen molar-refractivity contribution < 1.29 is 18.7 Å². The van der Waals surface area contributed by atoms with Crippen molar-refractivity contribution in [2.75, 3.05) is 31.6 Å². The van der Waals surface area contributed by atoms with Crippen molar-refractivity contribution >= 4 is 17.8 Å². The van der Waals surface area contributed by atoms with Gasteiger partial charge in [0.2, 0.25) is 0 Å². The number of nitrogens with one attached hydrogen (secondary N) is 1. The zero-order valence-corrected chi connectivity index (χ0v) is 18.2. The van der Waals surface area contributed by atoms with Gasteiger partial charge in [-0.3, -0.25) is 4.90 Å². The van der Waals surface area contributed by atoms with E-state index >= 15 is 0 Å². The maximum absolute atomic E-state index is 14.0. The average Bonchev–Trinajstić information content (AvgIpc) is 2.76. The summed E-state index contributed by atoms with van der Waals surface area (Å²) < 4.78 is 27.5. The van der Waals surface area contributed by atoms with Gasteiger partial charge in [-0.2, -0.15) is 0 Å². The molecule has 3 atom stereocenters. The zero-order valence-electron chi connectivity index (χ0n) is 18.2. The number of halogens is 2. The maximum Gasteiger partial charge on any atom is 0.321 e. The highest BCUT2D eigenvalue weighted by atomic mass is 19.1. The molecule has 32 heavy (non-hydrogen) atoms. The Morgan fingerprint density at radius 1 is 1.16 bits per heavy atom. The van der Waals surface area contributed by atoms with E-state index in [0.29, 0.717) is 13.1 Å². The van der Waals surface area contributed by atoms with E-state index in [2.05, 4.69) is 34.5 Å². The normalized spacial score (nSPS) is 23.9. The van der Waals surface area contributed by atoms with Crippen molar-refractivity contribution in [2.45, 2.75) is 37.8 Å². The van der Waals surface area contributed by atoms with Gasteiger partial charge < -0.3 is 15.3 Å². The first-order valence-corrected chi connectivity index (χ1v) is 11.1. The molecule has 2 aliphatic rings. The van der Waals surface area contributed by atoms with E-state index in [4.69, 9.17) is 0 Å². The summed E-state index contributed by atoms with van der Waals surface area (Å²) in [6, 6.07) is 10.9. The summed E-state index contributed by atoms with van der Waals surface area (Å²) in [5.74, 6) is -1.18. The van der Waals surface area contributed by atoms with Crippen LogP contribution in [0.2, 0.25) is 0 Å². The minimum Gasteiger partial charge on any atom is -0.395 e. The second-order valence-electron chi connectivity index (χ2n) is 8.45. The van der Waals surface area contributed by atoms with Gasteiger partial charge in [-0.15, -0.1) is 0 Å². The number of hydrogen-bond acceptors (Lipinski definition) is 3. The van der Waals surface area contributed by atoms with Gasteiger partial charge in [-0.1, -0.05) is 36.4 Å². The van der Waals surface area contributed by atoms with E-state index in [1.54, 1.807) is 4.90 Å². The lowest BCUT2D eigenvalue weighted by Crippen LogP contribution is -2.68. The second-order valence-corrected chi connectivity index (χ2v) is 8.45. The predicted molar refractivity (Wildman–Crippen MR) is 121 cm³/mol. The van der Waals surface area contributed by atoms with Crippen LogP contribution >= 0.6 is 0 Å². The molecule has 0 saturated carbocycles. The molecule has 2 aromatic carbocycles. The number of fused-ring (bicyclic) bond motifs is 1. The molecule has 2 N–H and O–H groups in total. The smallest absolute Gasteiger partial charge is 0.321 e. The lowest BCUT2D eigenvalue weighted by Gasteiger charge is -2.57. The fraction of sp³-hybridized carbons (Fsp3) is 0.400. The average molecular weight is 442 g/mol. The van der Waals surface area contributed by atoms with Crippen molar-refractivity contribution in [1.82, 2.24) is 9.80 Å². The summed E-state index contributed by atoms with van der Waals surface area (Å²) in [5.41, 5.74) is 2.09. The molecule has 5 nitrogen and oxygen atoms in total. The molecule has 2 aromatic rings. The molecule has 2 fully saturated rings. The Labute approximate surface area is 187 Å². The Hall–Kier alpha value is -2.77. The number of anilines is 1.